The van der Waals surface area contributed by atoms with Crippen molar-refractivity contribution in [2.45, 2.75) is 55.4 Å². The van der Waals surface area contributed by atoms with Gasteiger partial charge in [-0.05, 0) is 0 Å². The Balaban J connectivity index is 6.40. The van der Waals surface area contributed by atoms with Gasteiger partial charge in [-0.2, -0.15) is 0 Å². The predicted molar refractivity (Wildman–Crippen MR) is 108 cm³/mol. The second-order valence-corrected chi connectivity index (χ2v) is 11.6. The van der Waals surface area contributed by atoms with Crippen molar-refractivity contribution < 1.29 is 31.5 Å². The van der Waals surface area contributed by atoms with Crippen LogP contribution in [0.2, 0.25) is 0 Å². The third-order valence-electron chi connectivity index (χ3n) is 2.77. The molecule has 0 saturated carbocycles. The van der Waals surface area contributed by atoms with E-state index in [2.05, 4.69) is 0 Å². The van der Waals surface area contributed by atoms with Crippen molar-refractivity contribution in [2.75, 3.05) is 0 Å². The Labute approximate surface area is 177 Å². The van der Waals surface area contributed by atoms with Crippen LogP contribution in [0, 0.1) is 0 Å². The van der Waals surface area contributed by atoms with Gasteiger partial charge in [0.15, 0.2) is 0 Å². The molecule has 0 saturated heterocycles. The van der Waals surface area contributed by atoms with Crippen LogP contribution in [-0.4, -0.2) is 43.2 Å². The summed E-state index contributed by atoms with van der Waals surface area (Å²) < 4.78 is 23.3. The van der Waals surface area contributed by atoms with Gasteiger partial charge in [0.05, 0.1) is 0 Å². The van der Waals surface area contributed by atoms with Crippen molar-refractivity contribution in [2.24, 2.45) is 0 Å². The van der Waals surface area contributed by atoms with E-state index in [9.17, 15) is 19.2 Å². The van der Waals surface area contributed by atoms with Crippen LogP contribution in [-0.2, 0) is 31.5 Å². The third-order valence-corrected chi connectivity index (χ3v) is 9.30. The first kappa shape index (κ1) is 26.6. The van der Waals surface area contributed by atoms with E-state index in [1.54, 1.807) is 0 Å². The van der Waals surface area contributed by atoms with Crippen LogP contribution in [0.15, 0.2) is 47.3 Å². The predicted octanol–water partition coefficient (Wildman–Crippen LogP) is 3.46. The van der Waals surface area contributed by atoms with Crippen LogP contribution < -0.4 is 0 Å². The molecule has 0 aromatic carbocycles. The number of hydrogen-bond acceptors (Lipinski definition) is 8. The summed E-state index contributed by atoms with van der Waals surface area (Å²) >= 11 is -5.14. The molecule has 0 aliphatic rings. The maximum absolute atomic E-state index is 11.4. The molecule has 0 N–H and O–H groups in total. The van der Waals surface area contributed by atoms with Crippen molar-refractivity contribution in [1.82, 2.24) is 0 Å². The van der Waals surface area contributed by atoms with Crippen molar-refractivity contribution in [1.29, 1.82) is 0 Å². The molecule has 0 amide bonds. The zero-order valence-corrected chi connectivity index (χ0v) is 20.9. The zero-order valence-electron chi connectivity index (χ0n) is 18.1. The van der Waals surface area contributed by atoms with Gasteiger partial charge in [-0.25, -0.2) is 0 Å². The maximum atomic E-state index is 11.4. The minimum absolute atomic E-state index is 0.162. The number of allylic oxidation sites excluding steroid dienone is 8. The van der Waals surface area contributed by atoms with E-state index in [1.165, 1.54) is 79.7 Å². The molecule has 0 atom stereocenters. The van der Waals surface area contributed by atoms with Gasteiger partial charge in [0.2, 0.25) is 0 Å². The van der Waals surface area contributed by atoms with Crippen LogP contribution in [0.5, 0.6) is 0 Å². The second kappa shape index (κ2) is 12.3. The fraction of sp³-hybridized carbons (Fsp3) is 0.400. The molecule has 0 spiro atoms. The van der Waals surface area contributed by atoms with Gasteiger partial charge in [-0.3, -0.25) is 0 Å². The summed E-state index contributed by atoms with van der Waals surface area (Å²) in [5, 5.41) is 0. The number of rotatable bonds is 12. The van der Waals surface area contributed by atoms with Crippen molar-refractivity contribution in [3.63, 3.8) is 0 Å². The Morgan fingerprint density at radius 2 is 0.621 bits per heavy atom. The molecule has 9 heteroatoms. The summed E-state index contributed by atoms with van der Waals surface area (Å²) in [7, 11) is 0. The van der Waals surface area contributed by atoms with Crippen LogP contribution >= 0.6 is 0 Å². The van der Waals surface area contributed by atoms with Gasteiger partial charge in [-0.1, -0.05) is 0 Å². The van der Waals surface area contributed by atoms with Crippen LogP contribution in [0.4, 0.5) is 0 Å². The summed E-state index contributed by atoms with van der Waals surface area (Å²) in [4.78, 5) is 45.7. The molecule has 0 unspecified atom stereocenters. The zero-order chi connectivity index (χ0) is 22.8. The standard InChI is InChI=1S/4C5H8O2.Sn/c4*1-4(6)3-5(2)7;/h4*3,6H,1-2H3;/q;;;;+4/p-4/b2*4-3+;2*4-3-;. The second-order valence-electron chi connectivity index (χ2n) is 6.37. The van der Waals surface area contributed by atoms with E-state index in [-0.39, 0.29) is 46.2 Å². The summed E-state index contributed by atoms with van der Waals surface area (Å²) in [6.45, 7) is 11.4. The molecule has 0 radical (unpaired) electrons. The Bertz CT molecular complexity index is 653. The molecule has 8 nitrogen and oxygen atoms in total. The monoisotopic (exact) mass is 516 g/mol. The Kier molecular flexibility index (Phi) is 11.3. The average Bonchev–Trinajstić information content (AvgIpc) is 2.41. The Morgan fingerprint density at radius 3 is 0.759 bits per heavy atom. The van der Waals surface area contributed by atoms with Crippen molar-refractivity contribution in [3.05, 3.63) is 47.3 Å². The molecule has 0 aliphatic carbocycles. The van der Waals surface area contributed by atoms with Gasteiger partial charge in [-0.15, -0.1) is 0 Å². The molecule has 160 valence electrons. The minimum atomic E-state index is -5.14. The van der Waals surface area contributed by atoms with Gasteiger partial charge < -0.3 is 0 Å². The molecule has 0 rings (SSSR count). The van der Waals surface area contributed by atoms with Gasteiger partial charge in [0.1, 0.15) is 0 Å². The van der Waals surface area contributed by atoms with Crippen molar-refractivity contribution in [3.8, 4) is 0 Å². The van der Waals surface area contributed by atoms with Crippen LogP contribution in [0.3, 0.4) is 0 Å². The Hall–Kier alpha value is -2.36. The van der Waals surface area contributed by atoms with Crippen LogP contribution in [0.25, 0.3) is 0 Å². The quantitative estimate of drug-likeness (QED) is 0.221. The summed E-state index contributed by atoms with van der Waals surface area (Å²) in [5.74, 6) is -0.441. The van der Waals surface area contributed by atoms with Gasteiger partial charge >= 0.3 is 177 Å². The fourth-order valence-electron chi connectivity index (χ4n) is 2.18. The average molecular weight is 515 g/mol. The Morgan fingerprint density at radius 1 is 0.448 bits per heavy atom. The molecule has 0 fully saturated rings. The summed E-state index contributed by atoms with van der Waals surface area (Å²) in [6, 6.07) is 0. The van der Waals surface area contributed by atoms with E-state index in [0.29, 0.717) is 0 Å². The van der Waals surface area contributed by atoms with Gasteiger partial charge in [0.25, 0.3) is 0 Å². The summed E-state index contributed by atoms with van der Waals surface area (Å²) in [6.07, 6.45) is 4.89. The molecule has 0 heterocycles. The number of ketones is 4. The molecule has 0 aliphatic heterocycles. The molecule has 0 bridgehead atoms. The van der Waals surface area contributed by atoms with E-state index in [0.717, 1.165) is 0 Å². The third kappa shape index (κ3) is 12.7. The molecular weight excluding hydrogens is 487 g/mol. The normalized spacial score (nSPS) is 13.5. The number of carbonyl (C=O) groups excluding carboxylic acids is 4. The van der Waals surface area contributed by atoms with E-state index in [1.807, 2.05) is 0 Å². The topological polar surface area (TPSA) is 105 Å². The molecular formula is C20H28O8Sn. The molecule has 29 heavy (non-hydrogen) atoms. The van der Waals surface area contributed by atoms with E-state index >= 15 is 0 Å². The van der Waals surface area contributed by atoms with E-state index in [4.69, 9.17) is 12.3 Å². The summed E-state index contributed by atoms with van der Waals surface area (Å²) in [5.41, 5.74) is 0. The number of hydrogen-bond donors (Lipinski definition) is 0. The van der Waals surface area contributed by atoms with E-state index < -0.39 is 20.0 Å². The van der Waals surface area contributed by atoms with Crippen LogP contribution in [0.1, 0.15) is 55.4 Å². The molecule has 0 aromatic heterocycles. The fourth-order valence-corrected chi connectivity index (χ4v) is 8.06. The first-order chi connectivity index (χ1) is 13.2. The van der Waals surface area contributed by atoms with Crippen molar-refractivity contribution >= 4 is 43.2 Å². The SMILES string of the molecule is CC(=O)/C=C(/C)[O][Sn]([O]/C(C)=C\C(C)=O)([O]/C(C)=C/C(C)=O)[O]/C(C)=C/C(C)=O. The molecule has 0 aromatic rings. The van der Waals surface area contributed by atoms with Gasteiger partial charge in [0, 0.05) is 0 Å². The number of carbonyl (C=O) groups is 4. The first-order valence-corrected chi connectivity index (χ1v) is 13.4. The first-order valence-electron chi connectivity index (χ1n) is 8.76.